The number of hydrogen-bond acceptors (Lipinski definition) is 4. The number of carbonyl (C=O) groups excluding carboxylic acids is 1. The van der Waals surface area contributed by atoms with Gasteiger partial charge in [0, 0.05) is 24.6 Å². The molecule has 0 unspecified atom stereocenters. The van der Waals surface area contributed by atoms with Crippen molar-refractivity contribution in [3.8, 4) is 0 Å². The van der Waals surface area contributed by atoms with Crippen LogP contribution in [0.5, 0.6) is 0 Å². The van der Waals surface area contributed by atoms with E-state index in [9.17, 15) is 4.79 Å². The molecule has 0 spiro atoms. The standard InChI is InChI=1S/C12H14N4O/c1-9(2)16-4-3-11(15-16)5-12(17)10-6-13-8-14-7-10/h3-4,6-9H,5H2,1-2H3. The van der Waals surface area contributed by atoms with Gasteiger partial charge in [0.15, 0.2) is 5.78 Å². The molecule has 0 aliphatic heterocycles. The van der Waals surface area contributed by atoms with Crippen LogP contribution in [0.25, 0.3) is 0 Å². The molecule has 2 rings (SSSR count). The SMILES string of the molecule is CC(C)n1ccc(CC(=O)c2cncnc2)n1. The van der Waals surface area contributed by atoms with Crippen LogP contribution in [-0.2, 0) is 6.42 Å². The number of rotatable bonds is 4. The van der Waals surface area contributed by atoms with Gasteiger partial charge in [0.25, 0.3) is 0 Å². The Morgan fingerprint density at radius 3 is 2.65 bits per heavy atom. The van der Waals surface area contributed by atoms with Crippen LogP contribution in [0.2, 0.25) is 0 Å². The smallest absolute Gasteiger partial charge is 0.171 e. The van der Waals surface area contributed by atoms with E-state index < -0.39 is 0 Å². The van der Waals surface area contributed by atoms with Crippen LogP contribution in [0.15, 0.2) is 31.0 Å². The van der Waals surface area contributed by atoms with Crippen molar-refractivity contribution in [3.63, 3.8) is 0 Å². The largest absolute Gasteiger partial charge is 0.294 e. The lowest BCUT2D eigenvalue weighted by Gasteiger charge is -2.03. The summed E-state index contributed by atoms with van der Waals surface area (Å²) < 4.78 is 1.84. The van der Waals surface area contributed by atoms with Crippen molar-refractivity contribution in [1.82, 2.24) is 19.7 Å². The average Bonchev–Trinajstić information content (AvgIpc) is 2.79. The van der Waals surface area contributed by atoms with Gasteiger partial charge in [-0.2, -0.15) is 5.10 Å². The zero-order valence-electron chi connectivity index (χ0n) is 9.87. The minimum absolute atomic E-state index is 0.0143. The highest BCUT2D eigenvalue weighted by Crippen LogP contribution is 2.07. The first-order chi connectivity index (χ1) is 8.16. The van der Waals surface area contributed by atoms with E-state index in [1.54, 1.807) is 0 Å². The van der Waals surface area contributed by atoms with Crippen molar-refractivity contribution in [3.05, 3.63) is 42.2 Å². The Kier molecular flexibility index (Phi) is 3.27. The number of Topliss-reactive ketones (excluding diaryl/α,β-unsaturated/α-hetero) is 1. The average molecular weight is 230 g/mol. The second-order valence-corrected chi connectivity index (χ2v) is 4.11. The van der Waals surface area contributed by atoms with Crippen LogP contribution in [0.3, 0.4) is 0 Å². The Morgan fingerprint density at radius 1 is 1.35 bits per heavy atom. The molecule has 2 heterocycles. The van der Waals surface area contributed by atoms with E-state index in [0.29, 0.717) is 11.6 Å². The summed E-state index contributed by atoms with van der Waals surface area (Å²) in [6.07, 6.45) is 6.62. The van der Waals surface area contributed by atoms with E-state index in [0.717, 1.165) is 5.69 Å². The molecule has 0 radical (unpaired) electrons. The Hall–Kier alpha value is -2.04. The molecule has 5 heteroatoms. The lowest BCUT2D eigenvalue weighted by molar-refractivity contribution is 0.0991. The molecule has 17 heavy (non-hydrogen) atoms. The van der Waals surface area contributed by atoms with E-state index >= 15 is 0 Å². The number of carbonyl (C=O) groups is 1. The highest BCUT2D eigenvalue weighted by molar-refractivity contribution is 5.96. The Balaban J connectivity index is 2.08. The first-order valence-electron chi connectivity index (χ1n) is 5.49. The van der Waals surface area contributed by atoms with Gasteiger partial charge in [-0.15, -0.1) is 0 Å². The summed E-state index contributed by atoms with van der Waals surface area (Å²) in [5, 5.41) is 4.33. The van der Waals surface area contributed by atoms with Gasteiger partial charge in [0.2, 0.25) is 0 Å². The summed E-state index contributed by atoms with van der Waals surface area (Å²) >= 11 is 0. The third-order valence-corrected chi connectivity index (χ3v) is 2.42. The molecule has 0 N–H and O–H groups in total. The maximum absolute atomic E-state index is 11.9. The lowest BCUT2D eigenvalue weighted by atomic mass is 10.1. The molecule has 0 amide bonds. The molecule has 0 aliphatic carbocycles. The highest BCUT2D eigenvalue weighted by Gasteiger charge is 2.10. The van der Waals surface area contributed by atoms with Gasteiger partial charge >= 0.3 is 0 Å². The molecular weight excluding hydrogens is 216 g/mol. The van der Waals surface area contributed by atoms with Crippen molar-refractivity contribution >= 4 is 5.78 Å². The van der Waals surface area contributed by atoms with E-state index in [1.165, 1.54) is 18.7 Å². The van der Waals surface area contributed by atoms with Gasteiger partial charge in [0.05, 0.1) is 17.7 Å². The minimum atomic E-state index is -0.0143. The summed E-state index contributed by atoms with van der Waals surface area (Å²) in [6.45, 7) is 4.09. The topological polar surface area (TPSA) is 60.7 Å². The van der Waals surface area contributed by atoms with Gasteiger partial charge in [-0.25, -0.2) is 9.97 Å². The summed E-state index contributed by atoms with van der Waals surface area (Å²) in [4.78, 5) is 19.5. The van der Waals surface area contributed by atoms with Gasteiger partial charge in [-0.05, 0) is 19.9 Å². The fourth-order valence-electron chi connectivity index (χ4n) is 1.47. The summed E-state index contributed by atoms with van der Waals surface area (Å²) in [6, 6.07) is 2.17. The van der Waals surface area contributed by atoms with Crippen molar-refractivity contribution in [2.75, 3.05) is 0 Å². The maximum atomic E-state index is 11.9. The third kappa shape index (κ3) is 2.75. The normalized spacial score (nSPS) is 10.8. The molecule has 0 bridgehead atoms. The first-order valence-corrected chi connectivity index (χ1v) is 5.49. The van der Waals surface area contributed by atoms with Crippen molar-refractivity contribution < 1.29 is 4.79 Å². The Labute approximate surface area is 99.5 Å². The molecule has 88 valence electrons. The fraction of sp³-hybridized carbons (Fsp3) is 0.333. The van der Waals surface area contributed by atoms with Crippen LogP contribution in [0.1, 0.15) is 35.9 Å². The minimum Gasteiger partial charge on any atom is -0.294 e. The molecule has 0 aromatic carbocycles. The molecule has 0 aliphatic rings. The molecule has 0 atom stereocenters. The number of hydrogen-bond donors (Lipinski definition) is 0. The predicted molar refractivity (Wildman–Crippen MR) is 62.7 cm³/mol. The number of ketones is 1. The van der Waals surface area contributed by atoms with E-state index in [-0.39, 0.29) is 12.2 Å². The second kappa shape index (κ2) is 4.86. The van der Waals surface area contributed by atoms with Crippen molar-refractivity contribution in [1.29, 1.82) is 0 Å². The third-order valence-electron chi connectivity index (χ3n) is 2.42. The van der Waals surface area contributed by atoms with Gasteiger partial charge in [0.1, 0.15) is 6.33 Å². The zero-order valence-corrected chi connectivity index (χ0v) is 9.87. The Bertz CT molecular complexity index is 504. The van der Waals surface area contributed by atoms with Crippen molar-refractivity contribution in [2.45, 2.75) is 26.3 Å². The molecule has 0 fully saturated rings. The highest BCUT2D eigenvalue weighted by atomic mass is 16.1. The monoisotopic (exact) mass is 230 g/mol. The predicted octanol–water partition coefficient (Wildman–Crippen LogP) is 1.68. The van der Waals surface area contributed by atoms with E-state index in [1.807, 2.05) is 30.8 Å². The van der Waals surface area contributed by atoms with E-state index in [2.05, 4.69) is 15.1 Å². The summed E-state index contributed by atoms with van der Waals surface area (Å²) in [5.41, 5.74) is 1.29. The van der Waals surface area contributed by atoms with Crippen molar-refractivity contribution in [2.24, 2.45) is 0 Å². The molecule has 2 aromatic heterocycles. The molecular formula is C12H14N4O. The maximum Gasteiger partial charge on any atom is 0.171 e. The van der Waals surface area contributed by atoms with Gasteiger partial charge < -0.3 is 0 Å². The fourth-order valence-corrected chi connectivity index (χ4v) is 1.47. The molecule has 5 nitrogen and oxygen atoms in total. The Morgan fingerprint density at radius 2 is 2.06 bits per heavy atom. The van der Waals surface area contributed by atoms with E-state index in [4.69, 9.17) is 0 Å². The molecule has 0 saturated carbocycles. The lowest BCUT2D eigenvalue weighted by Crippen LogP contribution is -2.07. The van der Waals surface area contributed by atoms with Gasteiger partial charge in [-0.3, -0.25) is 9.48 Å². The van der Waals surface area contributed by atoms with Crippen LogP contribution in [0, 0.1) is 0 Å². The summed E-state index contributed by atoms with van der Waals surface area (Å²) in [5.74, 6) is -0.0143. The number of nitrogens with zero attached hydrogens (tertiary/aromatic N) is 4. The van der Waals surface area contributed by atoms with Crippen LogP contribution in [0.4, 0.5) is 0 Å². The second-order valence-electron chi connectivity index (χ2n) is 4.11. The number of aromatic nitrogens is 4. The molecule has 2 aromatic rings. The first kappa shape index (κ1) is 11.4. The van der Waals surface area contributed by atoms with Gasteiger partial charge in [-0.1, -0.05) is 0 Å². The quantitative estimate of drug-likeness (QED) is 0.750. The molecule has 0 saturated heterocycles. The zero-order chi connectivity index (χ0) is 12.3. The summed E-state index contributed by atoms with van der Waals surface area (Å²) in [7, 11) is 0. The van der Waals surface area contributed by atoms with Crippen LogP contribution in [-0.4, -0.2) is 25.5 Å². The van der Waals surface area contributed by atoms with Crippen LogP contribution < -0.4 is 0 Å². The van der Waals surface area contributed by atoms with Crippen LogP contribution >= 0.6 is 0 Å².